The Morgan fingerprint density at radius 2 is 1.47 bits per heavy atom. The van der Waals surface area contributed by atoms with Gasteiger partial charge in [-0.25, -0.2) is 5.11 Å². The van der Waals surface area contributed by atoms with E-state index in [2.05, 4.69) is 0 Å². The van der Waals surface area contributed by atoms with Crippen molar-refractivity contribution in [3.8, 4) is 11.1 Å². The quantitative estimate of drug-likeness (QED) is 0.697. The molecule has 0 bridgehead atoms. The lowest BCUT2D eigenvalue weighted by molar-refractivity contribution is 0.107. The minimum absolute atomic E-state index is 0.679. The van der Waals surface area contributed by atoms with Crippen LogP contribution in [0.1, 0.15) is 18.6 Å². The molecule has 1 atom stereocenters. The third-order valence-corrected chi connectivity index (χ3v) is 2.48. The molecular weight excluding hydrogens is 184 g/mol. The molecule has 0 amide bonds. The average molecular weight is 197 g/mol. The predicted molar refractivity (Wildman–Crippen MR) is 61.0 cm³/mol. The highest BCUT2D eigenvalue weighted by molar-refractivity contribution is 5.67. The maximum absolute atomic E-state index is 11.5. The molecule has 75 valence electrons. The van der Waals surface area contributed by atoms with E-state index in [1.807, 2.05) is 54.6 Å². The Kier molecular flexibility index (Phi) is 2.84. The smallest absolute Gasteiger partial charge is 0.116 e. The molecule has 0 N–H and O–H groups in total. The Balaban J connectivity index is 2.53. The standard InChI is InChI=1S/C14H13O/c1-11(15)13-9-5-6-10-14(13)12-7-3-2-4-8-12/h2-11H,1H3. The van der Waals surface area contributed by atoms with Gasteiger partial charge in [0, 0.05) is 0 Å². The van der Waals surface area contributed by atoms with Crippen molar-refractivity contribution in [2.75, 3.05) is 0 Å². The van der Waals surface area contributed by atoms with E-state index < -0.39 is 6.10 Å². The van der Waals surface area contributed by atoms with Gasteiger partial charge >= 0.3 is 0 Å². The number of benzene rings is 2. The molecular formula is C14H13O. The molecule has 0 aliphatic carbocycles. The second-order valence-corrected chi connectivity index (χ2v) is 3.60. The van der Waals surface area contributed by atoms with Gasteiger partial charge in [-0.3, -0.25) is 0 Å². The van der Waals surface area contributed by atoms with Crippen molar-refractivity contribution in [1.29, 1.82) is 0 Å². The van der Waals surface area contributed by atoms with Crippen LogP contribution in [0.3, 0.4) is 0 Å². The summed E-state index contributed by atoms with van der Waals surface area (Å²) >= 11 is 0. The molecule has 0 fully saturated rings. The Morgan fingerprint density at radius 1 is 0.867 bits per heavy atom. The first-order valence-corrected chi connectivity index (χ1v) is 5.09. The van der Waals surface area contributed by atoms with Gasteiger partial charge in [0.15, 0.2) is 0 Å². The lowest BCUT2D eigenvalue weighted by Crippen LogP contribution is -1.92. The first-order chi connectivity index (χ1) is 7.29. The van der Waals surface area contributed by atoms with Crippen LogP contribution in [0.5, 0.6) is 0 Å². The summed E-state index contributed by atoms with van der Waals surface area (Å²) in [5, 5.41) is 11.5. The Bertz CT molecular complexity index is 432. The summed E-state index contributed by atoms with van der Waals surface area (Å²) in [6.45, 7) is 1.68. The Hall–Kier alpha value is -1.60. The van der Waals surface area contributed by atoms with E-state index >= 15 is 0 Å². The van der Waals surface area contributed by atoms with Gasteiger partial charge in [0.05, 0.1) is 0 Å². The minimum Gasteiger partial charge on any atom is -0.228 e. The van der Waals surface area contributed by atoms with E-state index in [1.54, 1.807) is 6.92 Å². The van der Waals surface area contributed by atoms with Crippen LogP contribution in [0.2, 0.25) is 0 Å². The van der Waals surface area contributed by atoms with Crippen molar-refractivity contribution in [1.82, 2.24) is 0 Å². The number of hydrogen-bond donors (Lipinski definition) is 0. The van der Waals surface area contributed by atoms with Gasteiger partial charge < -0.3 is 0 Å². The highest BCUT2D eigenvalue weighted by Gasteiger charge is 2.09. The molecule has 0 saturated heterocycles. The molecule has 0 heterocycles. The van der Waals surface area contributed by atoms with E-state index in [-0.39, 0.29) is 0 Å². The van der Waals surface area contributed by atoms with Crippen molar-refractivity contribution < 1.29 is 5.11 Å². The molecule has 0 aliphatic heterocycles. The van der Waals surface area contributed by atoms with Crippen LogP contribution < -0.4 is 0 Å². The van der Waals surface area contributed by atoms with Crippen LogP contribution in [-0.2, 0) is 5.11 Å². The zero-order valence-electron chi connectivity index (χ0n) is 8.68. The molecule has 1 unspecified atom stereocenters. The molecule has 2 aromatic carbocycles. The zero-order valence-corrected chi connectivity index (χ0v) is 8.68. The Labute approximate surface area is 90.0 Å². The predicted octanol–water partition coefficient (Wildman–Crippen LogP) is 3.85. The molecule has 15 heavy (non-hydrogen) atoms. The lowest BCUT2D eigenvalue weighted by atomic mass is 9.97. The van der Waals surface area contributed by atoms with E-state index in [0.717, 1.165) is 16.7 Å². The van der Waals surface area contributed by atoms with Crippen LogP contribution in [0.15, 0.2) is 54.6 Å². The highest BCUT2D eigenvalue weighted by atomic mass is 16.3. The summed E-state index contributed by atoms with van der Waals surface area (Å²) in [5.74, 6) is 0. The first kappa shape index (κ1) is 9.94. The van der Waals surface area contributed by atoms with Crippen LogP contribution in [0.25, 0.3) is 11.1 Å². The van der Waals surface area contributed by atoms with Crippen LogP contribution in [0.4, 0.5) is 0 Å². The lowest BCUT2D eigenvalue weighted by Gasteiger charge is -2.10. The normalized spacial score (nSPS) is 12.4. The van der Waals surface area contributed by atoms with Crippen molar-refractivity contribution in [3.05, 3.63) is 60.2 Å². The summed E-state index contributed by atoms with van der Waals surface area (Å²) < 4.78 is 0. The molecule has 1 nitrogen and oxygen atoms in total. The van der Waals surface area contributed by atoms with Crippen molar-refractivity contribution in [3.63, 3.8) is 0 Å². The third kappa shape index (κ3) is 2.08. The maximum atomic E-state index is 11.5. The molecule has 1 heteroatoms. The number of hydrogen-bond acceptors (Lipinski definition) is 0. The van der Waals surface area contributed by atoms with Crippen LogP contribution in [-0.4, -0.2) is 0 Å². The van der Waals surface area contributed by atoms with E-state index in [0.29, 0.717) is 0 Å². The summed E-state index contributed by atoms with van der Waals surface area (Å²) in [5.41, 5.74) is 3.01. The van der Waals surface area contributed by atoms with E-state index in [9.17, 15) is 5.11 Å². The fourth-order valence-corrected chi connectivity index (χ4v) is 1.73. The molecule has 2 aromatic rings. The summed E-state index contributed by atoms with van der Waals surface area (Å²) in [4.78, 5) is 0. The molecule has 2 rings (SSSR count). The van der Waals surface area contributed by atoms with E-state index in [4.69, 9.17) is 0 Å². The van der Waals surface area contributed by atoms with Crippen molar-refractivity contribution in [2.45, 2.75) is 13.0 Å². The fourth-order valence-electron chi connectivity index (χ4n) is 1.73. The zero-order chi connectivity index (χ0) is 10.7. The largest absolute Gasteiger partial charge is 0.228 e. The van der Waals surface area contributed by atoms with Gasteiger partial charge in [0.1, 0.15) is 6.10 Å². The number of rotatable bonds is 2. The topological polar surface area (TPSA) is 19.9 Å². The van der Waals surface area contributed by atoms with Gasteiger partial charge in [-0.05, 0) is 23.6 Å². The molecule has 0 aromatic heterocycles. The monoisotopic (exact) mass is 197 g/mol. The first-order valence-electron chi connectivity index (χ1n) is 5.09. The molecule has 0 spiro atoms. The maximum Gasteiger partial charge on any atom is 0.116 e. The SMILES string of the molecule is CC([O])c1ccccc1-c1ccccc1. The highest BCUT2D eigenvalue weighted by Crippen LogP contribution is 2.27. The second kappa shape index (κ2) is 4.28. The summed E-state index contributed by atoms with van der Waals surface area (Å²) in [6.07, 6.45) is -0.679. The van der Waals surface area contributed by atoms with E-state index in [1.165, 1.54) is 0 Å². The fraction of sp³-hybridized carbons (Fsp3) is 0.143. The second-order valence-electron chi connectivity index (χ2n) is 3.60. The summed E-state index contributed by atoms with van der Waals surface area (Å²) in [7, 11) is 0. The van der Waals surface area contributed by atoms with Gasteiger partial charge in [-0.2, -0.15) is 0 Å². The van der Waals surface area contributed by atoms with Gasteiger partial charge in [-0.15, -0.1) is 0 Å². The van der Waals surface area contributed by atoms with Gasteiger partial charge in [0.2, 0.25) is 0 Å². The molecule has 1 radical (unpaired) electrons. The van der Waals surface area contributed by atoms with Crippen LogP contribution >= 0.6 is 0 Å². The average Bonchev–Trinajstić information content (AvgIpc) is 2.30. The van der Waals surface area contributed by atoms with Gasteiger partial charge in [0.25, 0.3) is 0 Å². The third-order valence-electron chi connectivity index (χ3n) is 2.48. The molecule has 0 aliphatic rings. The van der Waals surface area contributed by atoms with Crippen LogP contribution in [0, 0.1) is 0 Å². The van der Waals surface area contributed by atoms with Crippen molar-refractivity contribution in [2.24, 2.45) is 0 Å². The summed E-state index contributed by atoms with van der Waals surface area (Å²) in [6, 6.07) is 17.8. The van der Waals surface area contributed by atoms with Crippen molar-refractivity contribution >= 4 is 0 Å². The minimum atomic E-state index is -0.679. The van der Waals surface area contributed by atoms with Gasteiger partial charge in [-0.1, -0.05) is 54.6 Å². The Morgan fingerprint density at radius 3 is 2.13 bits per heavy atom. The molecule has 0 saturated carbocycles.